The molecule has 0 bridgehead atoms. The molecule has 0 saturated heterocycles. The zero-order valence-electron chi connectivity index (χ0n) is 27.6. The zero-order chi connectivity index (χ0) is 34.0. The van der Waals surface area contributed by atoms with Gasteiger partial charge in [-0.1, -0.05) is 42.5 Å². The molecular formula is C41H32IN8Ru+4. The molecule has 8 heterocycles. The maximum Gasteiger partial charge on any atom is 2.00 e. The molecule has 0 unspecified atom stereocenters. The van der Waals surface area contributed by atoms with E-state index in [1.807, 2.05) is 109 Å². The molecule has 247 valence electrons. The van der Waals surface area contributed by atoms with Gasteiger partial charge in [0.2, 0.25) is 5.52 Å². The van der Waals surface area contributed by atoms with Crippen LogP contribution in [0.3, 0.4) is 0 Å². The summed E-state index contributed by atoms with van der Waals surface area (Å²) in [4.78, 5) is 14.4. The van der Waals surface area contributed by atoms with Crippen LogP contribution in [0.5, 0.6) is 0 Å². The van der Waals surface area contributed by atoms with E-state index in [2.05, 4.69) is 118 Å². The normalized spacial score (nSPS) is 10.9. The molecule has 2 aromatic carbocycles. The Morgan fingerprint density at radius 3 is 1.80 bits per heavy atom. The van der Waals surface area contributed by atoms with Gasteiger partial charge in [0.25, 0.3) is 0 Å². The van der Waals surface area contributed by atoms with Crippen molar-refractivity contribution in [1.29, 1.82) is 0 Å². The average Bonchev–Trinajstić information content (AvgIpc) is 3.54. The Morgan fingerprint density at radius 2 is 1.14 bits per heavy atom. The molecule has 0 aliphatic rings. The van der Waals surface area contributed by atoms with Crippen LogP contribution in [0.1, 0.15) is 0 Å². The fourth-order valence-electron chi connectivity index (χ4n) is 6.27. The number of benzene rings is 2. The van der Waals surface area contributed by atoms with Crippen LogP contribution in [-0.4, -0.2) is 15.0 Å². The third-order valence-corrected chi connectivity index (χ3v) is 9.44. The molecule has 0 spiro atoms. The van der Waals surface area contributed by atoms with Crippen molar-refractivity contribution >= 4 is 54.9 Å². The Bertz CT molecular complexity index is 2740. The molecule has 0 amide bonds. The van der Waals surface area contributed by atoms with E-state index in [0.29, 0.717) is 0 Å². The maximum absolute atomic E-state index is 4.89. The minimum atomic E-state index is 0. The van der Waals surface area contributed by atoms with Crippen LogP contribution in [0.25, 0.3) is 66.3 Å². The molecule has 0 aliphatic carbocycles. The summed E-state index contributed by atoms with van der Waals surface area (Å²) >= 11 is 2.26. The third kappa shape index (κ3) is 6.60. The molecule has 0 fully saturated rings. The van der Waals surface area contributed by atoms with Gasteiger partial charge in [0.1, 0.15) is 36.7 Å². The first kappa shape index (κ1) is 34.0. The summed E-state index contributed by atoms with van der Waals surface area (Å²) in [6.07, 6.45) is 14.0. The van der Waals surface area contributed by atoms with E-state index >= 15 is 0 Å². The molecule has 10 rings (SSSR count). The topological polar surface area (TPSA) is 58.5 Å². The summed E-state index contributed by atoms with van der Waals surface area (Å²) in [5.41, 5.74) is 10.4. The fourth-order valence-corrected chi connectivity index (χ4v) is 6.86. The summed E-state index contributed by atoms with van der Waals surface area (Å²) in [6.45, 7) is 0. The van der Waals surface area contributed by atoms with Gasteiger partial charge in [0.15, 0.2) is 28.6 Å². The Hall–Kier alpha value is -5.45. The number of aromatic nitrogens is 8. The van der Waals surface area contributed by atoms with E-state index in [1.165, 1.54) is 11.0 Å². The van der Waals surface area contributed by atoms with Crippen molar-refractivity contribution in [1.82, 2.24) is 15.0 Å². The smallest absolute Gasteiger partial charge is 0.365 e. The van der Waals surface area contributed by atoms with Gasteiger partial charge in [-0.2, -0.15) is 4.57 Å². The van der Waals surface area contributed by atoms with Crippen molar-refractivity contribution in [2.24, 2.45) is 7.05 Å². The number of hydrogen-bond donors (Lipinski definition) is 0. The molecule has 0 N–H and O–H groups in total. The second-order valence-corrected chi connectivity index (χ2v) is 12.8. The van der Waals surface area contributed by atoms with Crippen molar-refractivity contribution in [3.05, 3.63) is 172 Å². The SMILES string of the molecule is C[n+]1cccc2c3nc4ccccc4nc3c3cccnc3c21.[CH2-][n+]1ccccc1-c1cccc[n+]1[I-].[Ru+2].c1cc[n+]2[cH-][n+]3ccccc3c2c1. The van der Waals surface area contributed by atoms with Crippen LogP contribution in [-0.2, 0) is 26.5 Å². The van der Waals surface area contributed by atoms with E-state index in [9.17, 15) is 0 Å². The Morgan fingerprint density at radius 1 is 0.569 bits per heavy atom. The zero-order valence-corrected chi connectivity index (χ0v) is 31.5. The molecule has 0 saturated carbocycles. The maximum atomic E-state index is 4.89. The van der Waals surface area contributed by atoms with Crippen LogP contribution >= 0.6 is 0 Å². The van der Waals surface area contributed by atoms with Gasteiger partial charge < -0.3 is 30.2 Å². The molecule has 10 aromatic rings. The monoisotopic (exact) mass is 865 g/mol. The van der Waals surface area contributed by atoms with E-state index < -0.39 is 0 Å². The number of halogens is 1. The van der Waals surface area contributed by atoms with Crippen LogP contribution < -0.4 is 43.6 Å². The quantitative estimate of drug-likeness (QED) is 0.0636. The Balaban J connectivity index is 0.000000126. The number of para-hydroxylation sites is 2. The standard InChI is InChI=1S/C19H13N4.C11H10IN2.C11H9N2.Ru/c1-23-11-5-7-13-17-16(12-6-4-10-20-18(12)19(13)23)21-14-8-2-3-9-15(14)22-17;1-13-8-4-2-6-10(13)11-7-3-5-9-14(11)12;1-3-7-12-9-13-8-4-2-6-11(13)10(12)5-1;/h2-11H,1H3;2-9H,1H2;1-9H;/q+1;;+1;+2. The minimum absolute atomic E-state index is 0. The number of hydrogen-bond acceptors (Lipinski definition) is 3. The number of nitrogens with zero attached hydrogens (tertiary/aromatic N) is 8. The second-order valence-electron chi connectivity index (χ2n) is 11.7. The van der Waals surface area contributed by atoms with Crippen molar-refractivity contribution in [3.63, 3.8) is 0 Å². The van der Waals surface area contributed by atoms with E-state index in [-0.39, 0.29) is 19.5 Å². The molecule has 0 aliphatic heterocycles. The van der Waals surface area contributed by atoms with Gasteiger partial charge >= 0.3 is 25.8 Å². The average molecular weight is 865 g/mol. The summed E-state index contributed by atoms with van der Waals surface area (Å²) in [7, 11) is 5.98. The summed E-state index contributed by atoms with van der Waals surface area (Å²) < 4.78 is 10.3. The first-order chi connectivity index (χ1) is 24.6. The Kier molecular flexibility index (Phi) is 9.88. The molecule has 1 radical (unpaired) electrons. The number of imidazole rings is 1. The van der Waals surface area contributed by atoms with Crippen molar-refractivity contribution in [3.8, 4) is 11.4 Å². The van der Waals surface area contributed by atoms with Crippen LogP contribution in [0.15, 0.2) is 165 Å². The molecular weight excluding hydrogens is 832 g/mol. The molecule has 8 aromatic heterocycles. The van der Waals surface area contributed by atoms with E-state index in [1.54, 1.807) is 0 Å². The third-order valence-electron chi connectivity index (χ3n) is 8.60. The summed E-state index contributed by atoms with van der Waals surface area (Å²) in [6, 6.07) is 40.7. The Labute approximate surface area is 321 Å². The summed E-state index contributed by atoms with van der Waals surface area (Å²) in [5, 5.41) is 2.12. The second kappa shape index (κ2) is 14.8. The van der Waals surface area contributed by atoms with Gasteiger partial charge in [-0.15, -0.1) is 0 Å². The molecule has 0 atom stereocenters. The van der Waals surface area contributed by atoms with E-state index in [4.69, 9.17) is 9.97 Å². The van der Waals surface area contributed by atoms with Crippen LogP contribution in [0.4, 0.5) is 0 Å². The largest absolute Gasteiger partial charge is 2.00 e. The van der Waals surface area contributed by atoms with Gasteiger partial charge in [-0.05, 0) is 66.7 Å². The predicted molar refractivity (Wildman–Crippen MR) is 188 cm³/mol. The first-order valence-corrected chi connectivity index (χ1v) is 17.1. The number of rotatable bonds is 1. The number of fused-ring (bicyclic) bond motifs is 10. The first-order valence-electron chi connectivity index (χ1n) is 16.1. The van der Waals surface area contributed by atoms with Gasteiger partial charge in [-0.3, -0.25) is 0 Å². The molecule has 51 heavy (non-hydrogen) atoms. The molecule has 8 nitrogen and oxygen atoms in total. The van der Waals surface area contributed by atoms with Crippen molar-refractivity contribution < 1.29 is 63.1 Å². The van der Waals surface area contributed by atoms with Crippen LogP contribution in [0.2, 0.25) is 0 Å². The minimum Gasteiger partial charge on any atom is -0.365 e. The van der Waals surface area contributed by atoms with E-state index in [0.717, 1.165) is 55.3 Å². The molecule has 10 heteroatoms. The predicted octanol–water partition coefficient (Wildman–Crippen LogP) is 2.07. The van der Waals surface area contributed by atoms with Crippen LogP contribution in [0, 0.1) is 7.05 Å². The fraction of sp³-hybridized carbons (Fsp3) is 0.0244. The van der Waals surface area contributed by atoms with Crippen molar-refractivity contribution in [2.75, 3.05) is 0 Å². The van der Waals surface area contributed by atoms with Crippen molar-refractivity contribution in [2.45, 2.75) is 0 Å². The van der Waals surface area contributed by atoms with Gasteiger partial charge in [-0.25, -0.2) is 23.8 Å². The number of pyridine rings is 6. The van der Waals surface area contributed by atoms with Gasteiger partial charge in [0.05, 0.1) is 28.1 Å². The number of aryl methyl sites for hydroxylation is 1. The summed E-state index contributed by atoms with van der Waals surface area (Å²) in [5.74, 6) is 0. The van der Waals surface area contributed by atoms with Gasteiger partial charge in [0, 0.05) is 30.8 Å².